The van der Waals surface area contributed by atoms with Crippen LogP contribution >= 0.6 is 11.6 Å². The molecule has 1 aliphatic heterocycles. The Morgan fingerprint density at radius 1 is 1.40 bits per heavy atom. The summed E-state index contributed by atoms with van der Waals surface area (Å²) >= 11 is 6.04. The maximum absolute atomic E-state index is 11.5. The molecular formula is C11H12ClNO2. The van der Waals surface area contributed by atoms with Gasteiger partial charge < -0.3 is 0 Å². The number of halogens is 1. The molecule has 15 heavy (non-hydrogen) atoms. The van der Waals surface area contributed by atoms with Crippen LogP contribution in [0.1, 0.15) is 12.5 Å². The number of nitrogens with zero attached hydrogens (tertiary/aromatic N) is 1. The minimum atomic E-state index is -0.561. The fourth-order valence-corrected chi connectivity index (χ4v) is 2.23. The highest BCUT2D eigenvalue weighted by molar-refractivity contribution is 6.34. The van der Waals surface area contributed by atoms with Crippen LogP contribution in [-0.2, 0) is 15.2 Å². The summed E-state index contributed by atoms with van der Waals surface area (Å²) in [6.07, 6.45) is 0. The number of alkyl halides is 1. The van der Waals surface area contributed by atoms with E-state index in [1.165, 1.54) is 12.2 Å². The molecule has 2 unspecified atom stereocenters. The third-order valence-electron chi connectivity index (χ3n) is 2.87. The van der Waals surface area contributed by atoms with Crippen molar-refractivity contribution in [3.63, 3.8) is 0 Å². The molecule has 1 amide bonds. The van der Waals surface area contributed by atoms with Crippen molar-refractivity contribution in [2.24, 2.45) is 0 Å². The standard InChI is InChI=1S/C11H12ClNO2/c1-11(8-6-4-3-5-7-8)9(12)10(14)13(11)15-2/h3-7,9H,1-2H3. The van der Waals surface area contributed by atoms with Crippen molar-refractivity contribution < 1.29 is 9.63 Å². The summed E-state index contributed by atoms with van der Waals surface area (Å²) < 4.78 is 0. The number of rotatable bonds is 2. The predicted octanol–water partition coefficient (Wildman–Crippen LogP) is 1.91. The molecule has 2 atom stereocenters. The van der Waals surface area contributed by atoms with E-state index < -0.39 is 10.9 Å². The molecular weight excluding hydrogens is 214 g/mol. The Morgan fingerprint density at radius 3 is 2.53 bits per heavy atom. The molecule has 0 radical (unpaired) electrons. The molecule has 1 aromatic carbocycles. The van der Waals surface area contributed by atoms with Gasteiger partial charge in [-0.15, -0.1) is 11.6 Å². The Bertz CT molecular complexity index is 381. The van der Waals surface area contributed by atoms with Gasteiger partial charge in [-0.25, -0.2) is 5.06 Å². The average Bonchev–Trinajstić information content (AvgIpc) is 2.30. The number of hydrogen-bond acceptors (Lipinski definition) is 2. The van der Waals surface area contributed by atoms with Crippen LogP contribution in [0.5, 0.6) is 0 Å². The minimum Gasteiger partial charge on any atom is -0.273 e. The monoisotopic (exact) mass is 225 g/mol. The van der Waals surface area contributed by atoms with E-state index >= 15 is 0 Å². The molecule has 0 spiro atoms. The molecule has 3 nitrogen and oxygen atoms in total. The van der Waals surface area contributed by atoms with Crippen molar-refractivity contribution in [1.82, 2.24) is 5.06 Å². The molecule has 1 aliphatic rings. The van der Waals surface area contributed by atoms with Crippen molar-refractivity contribution in [3.8, 4) is 0 Å². The smallest absolute Gasteiger partial charge is 0.267 e. The largest absolute Gasteiger partial charge is 0.273 e. The van der Waals surface area contributed by atoms with Crippen LogP contribution in [-0.4, -0.2) is 23.5 Å². The lowest BCUT2D eigenvalue weighted by Gasteiger charge is -2.51. The fraction of sp³-hybridized carbons (Fsp3) is 0.364. The first-order chi connectivity index (χ1) is 7.12. The highest BCUT2D eigenvalue weighted by Gasteiger charge is 2.58. The maximum atomic E-state index is 11.5. The third kappa shape index (κ3) is 1.27. The molecule has 0 N–H and O–H groups in total. The van der Waals surface area contributed by atoms with E-state index in [1.54, 1.807) is 0 Å². The molecule has 4 heteroatoms. The highest BCUT2D eigenvalue weighted by atomic mass is 35.5. The summed E-state index contributed by atoms with van der Waals surface area (Å²) in [4.78, 5) is 16.5. The molecule has 0 bridgehead atoms. The zero-order valence-electron chi connectivity index (χ0n) is 8.61. The van der Waals surface area contributed by atoms with Crippen LogP contribution in [0.4, 0.5) is 0 Å². The zero-order chi connectivity index (χ0) is 11.1. The molecule has 1 fully saturated rings. The molecule has 1 aromatic rings. The van der Waals surface area contributed by atoms with Crippen LogP contribution < -0.4 is 0 Å². The summed E-state index contributed by atoms with van der Waals surface area (Å²) in [5.41, 5.74) is 0.417. The maximum Gasteiger partial charge on any atom is 0.267 e. The Kier molecular flexibility index (Phi) is 2.44. The van der Waals surface area contributed by atoms with Gasteiger partial charge in [0, 0.05) is 0 Å². The second kappa shape index (κ2) is 3.51. The number of carbonyl (C=O) groups is 1. The number of benzene rings is 1. The van der Waals surface area contributed by atoms with E-state index in [0.717, 1.165) is 5.56 Å². The van der Waals surface area contributed by atoms with Crippen molar-refractivity contribution in [3.05, 3.63) is 35.9 Å². The Balaban J connectivity index is 2.39. The molecule has 0 aromatic heterocycles. The first kappa shape index (κ1) is 10.5. The van der Waals surface area contributed by atoms with E-state index in [4.69, 9.17) is 16.4 Å². The van der Waals surface area contributed by atoms with Gasteiger partial charge in [-0.1, -0.05) is 30.3 Å². The van der Waals surface area contributed by atoms with Crippen molar-refractivity contribution in [1.29, 1.82) is 0 Å². The summed E-state index contributed by atoms with van der Waals surface area (Å²) in [6.45, 7) is 1.89. The first-order valence-corrected chi connectivity index (χ1v) is 5.13. The van der Waals surface area contributed by atoms with Crippen LogP contribution in [0.3, 0.4) is 0 Å². The van der Waals surface area contributed by atoms with Crippen LogP contribution in [0.2, 0.25) is 0 Å². The van der Waals surface area contributed by atoms with Gasteiger partial charge in [0.15, 0.2) is 0 Å². The first-order valence-electron chi connectivity index (χ1n) is 4.70. The quantitative estimate of drug-likeness (QED) is 0.569. The number of β-lactam (4-membered cyclic amide) rings is 1. The summed E-state index contributed by atoms with van der Waals surface area (Å²) in [7, 11) is 1.47. The van der Waals surface area contributed by atoms with Gasteiger partial charge in [-0.3, -0.25) is 9.63 Å². The molecule has 2 rings (SSSR count). The van der Waals surface area contributed by atoms with E-state index in [2.05, 4.69) is 0 Å². The number of carbonyl (C=O) groups excluding carboxylic acids is 1. The molecule has 0 saturated carbocycles. The molecule has 1 heterocycles. The van der Waals surface area contributed by atoms with Gasteiger partial charge in [0.05, 0.1) is 7.11 Å². The Labute approximate surface area is 93.5 Å². The number of hydroxylamine groups is 2. The van der Waals surface area contributed by atoms with Crippen LogP contribution in [0.25, 0.3) is 0 Å². The van der Waals surface area contributed by atoms with E-state index in [0.29, 0.717) is 0 Å². The Hall–Kier alpha value is -1.06. The van der Waals surface area contributed by atoms with Crippen molar-refractivity contribution >= 4 is 17.5 Å². The summed E-state index contributed by atoms with van der Waals surface area (Å²) in [5.74, 6) is -0.189. The van der Waals surface area contributed by atoms with Crippen molar-refractivity contribution in [2.75, 3.05) is 7.11 Å². The van der Waals surface area contributed by atoms with Gasteiger partial charge >= 0.3 is 0 Å². The fourth-order valence-electron chi connectivity index (χ4n) is 1.93. The van der Waals surface area contributed by atoms with E-state index in [9.17, 15) is 4.79 Å². The van der Waals surface area contributed by atoms with Crippen LogP contribution in [0.15, 0.2) is 30.3 Å². The second-order valence-electron chi connectivity index (χ2n) is 3.69. The summed E-state index contributed by atoms with van der Waals surface area (Å²) in [6, 6.07) is 9.64. The van der Waals surface area contributed by atoms with E-state index in [1.807, 2.05) is 37.3 Å². The van der Waals surface area contributed by atoms with Gasteiger partial charge in [0.2, 0.25) is 0 Å². The molecule has 80 valence electrons. The van der Waals surface area contributed by atoms with Crippen molar-refractivity contribution in [2.45, 2.75) is 17.8 Å². The topological polar surface area (TPSA) is 29.5 Å². The van der Waals surface area contributed by atoms with E-state index in [-0.39, 0.29) is 5.91 Å². The van der Waals surface area contributed by atoms with Gasteiger partial charge in [-0.05, 0) is 12.5 Å². The number of hydrogen-bond donors (Lipinski definition) is 0. The summed E-state index contributed by atoms with van der Waals surface area (Å²) in [5, 5.41) is 0.764. The number of amides is 1. The Morgan fingerprint density at radius 2 is 2.00 bits per heavy atom. The van der Waals surface area contributed by atoms with Gasteiger partial charge in [0.25, 0.3) is 5.91 Å². The second-order valence-corrected chi connectivity index (χ2v) is 4.13. The predicted molar refractivity (Wildman–Crippen MR) is 57.3 cm³/mol. The lowest BCUT2D eigenvalue weighted by atomic mass is 9.81. The highest BCUT2D eigenvalue weighted by Crippen LogP contribution is 2.44. The molecule has 0 aliphatic carbocycles. The normalized spacial score (nSPS) is 30.2. The lowest BCUT2D eigenvalue weighted by Crippen LogP contribution is -2.67. The lowest BCUT2D eigenvalue weighted by molar-refractivity contribution is -0.242. The molecule has 1 saturated heterocycles. The third-order valence-corrected chi connectivity index (χ3v) is 3.48. The average molecular weight is 226 g/mol. The van der Waals surface area contributed by atoms with Gasteiger partial charge in [-0.2, -0.15) is 0 Å². The van der Waals surface area contributed by atoms with Crippen LogP contribution in [0, 0.1) is 0 Å². The zero-order valence-corrected chi connectivity index (χ0v) is 9.36. The SMILES string of the molecule is CON1C(=O)C(Cl)C1(C)c1ccccc1. The van der Waals surface area contributed by atoms with Gasteiger partial charge in [0.1, 0.15) is 10.9 Å². The minimum absolute atomic E-state index is 0.189.